The van der Waals surface area contributed by atoms with Gasteiger partial charge >= 0.3 is 0 Å². The Hall–Kier alpha value is -1.35. The highest BCUT2D eigenvalue weighted by atomic mass is 16.2. The Kier molecular flexibility index (Phi) is 4.25. The van der Waals surface area contributed by atoms with E-state index in [2.05, 4.69) is 12.1 Å². The van der Waals surface area contributed by atoms with Gasteiger partial charge in [-0.2, -0.15) is 0 Å². The number of likely N-dealkylation sites (N-methyl/N-ethyl adjacent to an activating group) is 1. The molecule has 104 valence electrons. The van der Waals surface area contributed by atoms with Crippen LogP contribution in [0.5, 0.6) is 0 Å². The van der Waals surface area contributed by atoms with Crippen LogP contribution in [0.1, 0.15) is 31.7 Å². The molecule has 0 bridgehead atoms. The first-order chi connectivity index (χ1) is 9.01. The molecular formula is C16H24N2O. The van der Waals surface area contributed by atoms with E-state index in [4.69, 9.17) is 5.73 Å². The number of nitrogens with zero attached hydrogens (tertiary/aromatic N) is 1. The van der Waals surface area contributed by atoms with Crippen molar-refractivity contribution >= 4 is 5.91 Å². The van der Waals surface area contributed by atoms with Gasteiger partial charge in [-0.3, -0.25) is 4.79 Å². The highest BCUT2D eigenvalue weighted by Gasteiger charge is 2.45. The highest BCUT2D eigenvalue weighted by molar-refractivity contribution is 5.86. The molecule has 0 aliphatic heterocycles. The van der Waals surface area contributed by atoms with Crippen molar-refractivity contribution in [2.45, 2.75) is 38.1 Å². The summed E-state index contributed by atoms with van der Waals surface area (Å²) in [6.45, 7) is 2.65. The first-order valence-electron chi connectivity index (χ1n) is 7.10. The maximum atomic E-state index is 12.3. The second kappa shape index (κ2) is 5.74. The van der Waals surface area contributed by atoms with Crippen LogP contribution in [0, 0.1) is 5.92 Å². The molecule has 3 heteroatoms. The minimum atomic E-state index is -0.665. The molecule has 1 fully saturated rings. The predicted octanol–water partition coefficient (Wildman–Crippen LogP) is 2.21. The summed E-state index contributed by atoms with van der Waals surface area (Å²) in [6.07, 6.45) is 4.17. The fourth-order valence-corrected chi connectivity index (χ4v) is 2.54. The topological polar surface area (TPSA) is 46.3 Å². The molecule has 0 saturated heterocycles. The summed E-state index contributed by atoms with van der Waals surface area (Å²) in [6, 6.07) is 10.4. The third-order valence-corrected chi connectivity index (χ3v) is 4.03. The zero-order valence-corrected chi connectivity index (χ0v) is 11.9. The SMILES string of the molecule is CN(CCCc1ccccc1)C(=O)C(C)(N)C1CC1. The fraction of sp³-hybridized carbons (Fsp3) is 0.562. The van der Waals surface area contributed by atoms with Crippen LogP contribution in [0.25, 0.3) is 0 Å². The van der Waals surface area contributed by atoms with Crippen LogP contribution in [-0.4, -0.2) is 29.9 Å². The van der Waals surface area contributed by atoms with Crippen molar-refractivity contribution in [3.05, 3.63) is 35.9 Å². The maximum absolute atomic E-state index is 12.3. The van der Waals surface area contributed by atoms with E-state index in [-0.39, 0.29) is 5.91 Å². The second-order valence-electron chi connectivity index (χ2n) is 5.87. The molecule has 1 aliphatic rings. The summed E-state index contributed by atoms with van der Waals surface area (Å²) in [4.78, 5) is 14.1. The minimum absolute atomic E-state index is 0.0862. The van der Waals surface area contributed by atoms with Gasteiger partial charge in [-0.25, -0.2) is 0 Å². The molecule has 1 aromatic rings. The van der Waals surface area contributed by atoms with Crippen LogP contribution in [0.2, 0.25) is 0 Å². The third-order valence-electron chi connectivity index (χ3n) is 4.03. The number of benzene rings is 1. The molecular weight excluding hydrogens is 236 g/mol. The smallest absolute Gasteiger partial charge is 0.242 e. The Morgan fingerprint density at radius 1 is 1.37 bits per heavy atom. The van der Waals surface area contributed by atoms with Crippen LogP contribution >= 0.6 is 0 Å². The van der Waals surface area contributed by atoms with Gasteiger partial charge in [-0.05, 0) is 44.1 Å². The average molecular weight is 260 g/mol. The molecule has 0 radical (unpaired) electrons. The number of carbonyl (C=O) groups excluding carboxylic acids is 1. The number of hydrogen-bond donors (Lipinski definition) is 1. The molecule has 1 atom stereocenters. The summed E-state index contributed by atoms with van der Waals surface area (Å²) < 4.78 is 0. The molecule has 2 N–H and O–H groups in total. The van der Waals surface area contributed by atoms with E-state index in [1.165, 1.54) is 5.56 Å². The highest BCUT2D eigenvalue weighted by Crippen LogP contribution is 2.38. The van der Waals surface area contributed by atoms with Crippen LogP contribution in [-0.2, 0) is 11.2 Å². The van der Waals surface area contributed by atoms with Gasteiger partial charge in [0.2, 0.25) is 5.91 Å². The van der Waals surface area contributed by atoms with E-state index in [0.29, 0.717) is 5.92 Å². The van der Waals surface area contributed by atoms with Crippen LogP contribution < -0.4 is 5.73 Å². The number of hydrogen-bond acceptors (Lipinski definition) is 2. The number of rotatable bonds is 6. The first kappa shape index (κ1) is 14.1. The van der Waals surface area contributed by atoms with Gasteiger partial charge < -0.3 is 10.6 Å². The van der Waals surface area contributed by atoms with E-state index >= 15 is 0 Å². The summed E-state index contributed by atoms with van der Waals surface area (Å²) in [5, 5.41) is 0. The first-order valence-corrected chi connectivity index (χ1v) is 7.10. The average Bonchev–Trinajstić information content (AvgIpc) is 3.23. The quantitative estimate of drug-likeness (QED) is 0.852. The van der Waals surface area contributed by atoms with E-state index < -0.39 is 5.54 Å². The van der Waals surface area contributed by atoms with Crippen molar-refractivity contribution in [2.75, 3.05) is 13.6 Å². The normalized spacial score (nSPS) is 17.8. The Balaban J connectivity index is 1.78. The molecule has 3 nitrogen and oxygen atoms in total. The molecule has 0 heterocycles. The standard InChI is InChI=1S/C16H24N2O/c1-16(17,14-10-11-14)15(19)18(2)12-6-9-13-7-4-3-5-8-13/h3-5,7-8,14H,6,9-12,17H2,1-2H3. The summed E-state index contributed by atoms with van der Waals surface area (Å²) >= 11 is 0. The molecule has 2 rings (SSSR count). The fourth-order valence-electron chi connectivity index (χ4n) is 2.54. The lowest BCUT2D eigenvalue weighted by atomic mass is 9.95. The van der Waals surface area contributed by atoms with Gasteiger partial charge in [0, 0.05) is 13.6 Å². The third kappa shape index (κ3) is 3.57. The number of amides is 1. The van der Waals surface area contributed by atoms with Crippen molar-refractivity contribution in [3.63, 3.8) is 0 Å². The number of carbonyl (C=O) groups is 1. The minimum Gasteiger partial charge on any atom is -0.344 e. The Morgan fingerprint density at radius 3 is 2.58 bits per heavy atom. The maximum Gasteiger partial charge on any atom is 0.242 e. The molecule has 19 heavy (non-hydrogen) atoms. The molecule has 1 aliphatic carbocycles. The van der Waals surface area contributed by atoms with Crippen molar-refractivity contribution in [1.82, 2.24) is 4.90 Å². The van der Waals surface area contributed by atoms with Gasteiger partial charge in [-0.1, -0.05) is 30.3 Å². The Bertz CT molecular complexity index is 424. The molecule has 0 spiro atoms. The van der Waals surface area contributed by atoms with Crippen molar-refractivity contribution in [1.29, 1.82) is 0 Å². The van der Waals surface area contributed by atoms with Gasteiger partial charge in [0.05, 0.1) is 5.54 Å². The van der Waals surface area contributed by atoms with Crippen LogP contribution in [0.15, 0.2) is 30.3 Å². The van der Waals surface area contributed by atoms with E-state index in [1.807, 2.05) is 32.2 Å². The second-order valence-corrected chi connectivity index (χ2v) is 5.87. The summed E-state index contributed by atoms with van der Waals surface area (Å²) in [5.41, 5.74) is 6.81. The summed E-state index contributed by atoms with van der Waals surface area (Å²) in [7, 11) is 1.86. The van der Waals surface area contributed by atoms with Crippen molar-refractivity contribution in [2.24, 2.45) is 11.7 Å². The van der Waals surface area contributed by atoms with E-state index in [0.717, 1.165) is 32.2 Å². The van der Waals surface area contributed by atoms with Gasteiger partial charge in [-0.15, -0.1) is 0 Å². The van der Waals surface area contributed by atoms with Crippen molar-refractivity contribution < 1.29 is 4.79 Å². The summed E-state index contributed by atoms with van der Waals surface area (Å²) in [5.74, 6) is 0.472. The van der Waals surface area contributed by atoms with Gasteiger partial charge in [0.25, 0.3) is 0 Å². The Morgan fingerprint density at radius 2 is 2.00 bits per heavy atom. The lowest BCUT2D eigenvalue weighted by molar-refractivity contribution is -0.135. The van der Waals surface area contributed by atoms with Crippen LogP contribution in [0.3, 0.4) is 0 Å². The zero-order chi connectivity index (χ0) is 13.9. The van der Waals surface area contributed by atoms with E-state index in [1.54, 1.807) is 4.90 Å². The zero-order valence-electron chi connectivity index (χ0n) is 11.9. The number of aryl methyl sites for hydroxylation is 1. The molecule has 1 amide bonds. The van der Waals surface area contributed by atoms with E-state index in [9.17, 15) is 4.79 Å². The predicted molar refractivity (Wildman–Crippen MR) is 77.7 cm³/mol. The van der Waals surface area contributed by atoms with Crippen LogP contribution in [0.4, 0.5) is 0 Å². The van der Waals surface area contributed by atoms with Gasteiger partial charge in [0.15, 0.2) is 0 Å². The molecule has 1 aromatic carbocycles. The lowest BCUT2D eigenvalue weighted by Crippen LogP contribution is -2.54. The molecule has 1 unspecified atom stereocenters. The largest absolute Gasteiger partial charge is 0.344 e. The van der Waals surface area contributed by atoms with Crippen molar-refractivity contribution in [3.8, 4) is 0 Å². The monoisotopic (exact) mass is 260 g/mol. The molecule has 1 saturated carbocycles. The Labute approximate surface area is 115 Å². The number of nitrogens with two attached hydrogens (primary N) is 1. The molecule has 0 aromatic heterocycles. The van der Waals surface area contributed by atoms with Gasteiger partial charge in [0.1, 0.15) is 0 Å². The lowest BCUT2D eigenvalue weighted by Gasteiger charge is -2.29.